The quantitative estimate of drug-likeness (QED) is 0.609. The van der Waals surface area contributed by atoms with E-state index in [0.717, 1.165) is 19.5 Å². The van der Waals surface area contributed by atoms with Crippen LogP contribution in [0.2, 0.25) is 0 Å². The molecule has 0 aromatic heterocycles. The van der Waals surface area contributed by atoms with E-state index in [-0.39, 0.29) is 11.9 Å². The first-order valence-corrected chi connectivity index (χ1v) is 5.20. The number of amides is 1. The molecule has 76 valence electrons. The van der Waals surface area contributed by atoms with Gasteiger partial charge < -0.3 is 5.32 Å². The second kappa shape index (κ2) is 5.22. The van der Waals surface area contributed by atoms with Crippen LogP contribution < -0.4 is 5.32 Å². The van der Waals surface area contributed by atoms with Crippen molar-refractivity contribution in [3.63, 3.8) is 0 Å². The number of rotatable bonds is 0. The van der Waals surface area contributed by atoms with Crippen LogP contribution in [0.3, 0.4) is 0 Å². The van der Waals surface area contributed by atoms with Gasteiger partial charge in [-0.15, -0.1) is 0 Å². The first-order valence-electron chi connectivity index (χ1n) is 5.20. The number of carbonyl (C=O) groups is 1. The van der Waals surface area contributed by atoms with Gasteiger partial charge in [0, 0.05) is 6.54 Å². The van der Waals surface area contributed by atoms with Crippen molar-refractivity contribution in [2.24, 2.45) is 0 Å². The van der Waals surface area contributed by atoms with E-state index in [2.05, 4.69) is 10.2 Å². The molecule has 1 saturated heterocycles. The molecule has 0 spiro atoms. The summed E-state index contributed by atoms with van der Waals surface area (Å²) >= 11 is 0. The van der Waals surface area contributed by atoms with Crippen LogP contribution in [-0.2, 0) is 4.79 Å². The second-order valence-electron chi connectivity index (χ2n) is 3.86. The van der Waals surface area contributed by atoms with Gasteiger partial charge in [0.25, 0.3) is 0 Å². The molecule has 3 heteroatoms. The number of likely N-dealkylation sites (N-methyl/N-ethyl adjacent to an activating group) is 1. The molecule has 1 heterocycles. The maximum atomic E-state index is 11.5. The summed E-state index contributed by atoms with van der Waals surface area (Å²) < 4.78 is 0. The lowest BCUT2D eigenvalue weighted by Crippen LogP contribution is -2.44. The Balaban J connectivity index is 2.45. The zero-order chi connectivity index (χ0) is 9.68. The largest absolute Gasteiger partial charge is 0.355 e. The fourth-order valence-electron chi connectivity index (χ4n) is 1.59. The topological polar surface area (TPSA) is 32.3 Å². The fraction of sp³-hybridized carbons (Fsp3) is 0.900. The molecule has 1 aliphatic rings. The first-order chi connectivity index (χ1) is 6.22. The number of carbonyl (C=O) groups excluding carboxylic acids is 1. The van der Waals surface area contributed by atoms with Gasteiger partial charge in [-0.1, -0.05) is 12.8 Å². The molecule has 1 amide bonds. The maximum Gasteiger partial charge on any atom is 0.237 e. The van der Waals surface area contributed by atoms with Crippen molar-refractivity contribution in [1.29, 1.82) is 0 Å². The zero-order valence-electron chi connectivity index (χ0n) is 8.68. The van der Waals surface area contributed by atoms with Crippen LogP contribution in [0.5, 0.6) is 0 Å². The number of hydrogen-bond acceptors (Lipinski definition) is 2. The molecular weight excluding hydrogens is 164 g/mol. The molecule has 0 aromatic carbocycles. The first kappa shape index (κ1) is 10.5. The summed E-state index contributed by atoms with van der Waals surface area (Å²) in [4.78, 5) is 13.6. The van der Waals surface area contributed by atoms with Gasteiger partial charge in [-0.05, 0) is 33.4 Å². The standard InChI is InChI=1S/C10H20N2O/c1-9-10(13)11-7-5-3-4-6-8-12(9)2/h9H,3-8H2,1-2H3,(H,11,13)/t9-/m0/s1. The van der Waals surface area contributed by atoms with Crippen molar-refractivity contribution >= 4 is 5.91 Å². The maximum absolute atomic E-state index is 11.5. The highest BCUT2D eigenvalue weighted by molar-refractivity contribution is 5.81. The van der Waals surface area contributed by atoms with Gasteiger partial charge in [-0.25, -0.2) is 0 Å². The summed E-state index contributed by atoms with van der Waals surface area (Å²) in [5.41, 5.74) is 0. The van der Waals surface area contributed by atoms with E-state index in [9.17, 15) is 4.79 Å². The Bertz CT molecular complexity index is 170. The van der Waals surface area contributed by atoms with Crippen LogP contribution >= 0.6 is 0 Å². The molecule has 0 unspecified atom stereocenters. The van der Waals surface area contributed by atoms with Crippen LogP contribution in [0.4, 0.5) is 0 Å². The van der Waals surface area contributed by atoms with Crippen LogP contribution in [-0.4, -0.2) is 37.0 Å². The molecule has 0 saturated carbocycles. The van der Waals surface area contributed by atoms with Crippen LogP contribution in [0.1, 0.15) is 32.6 Å². The van der Waals surface area contributed by atoms with Crippen molar-refractivity contribution in [2.45, 2.75) is 38.6 Å². The van der Waals surface area contributed by atoms with Gasteiger partial charge in [0.15, 0.2) is 0 Å². The van der Waals surface area contributed by atoms with E-state index in [1.165, 1.54) is 19.3 Å². The fourth-order valence-corrected chi connectivity index (χ4v) is 1.59. The summed E-state index contributed by atoms with van der Waals surface area (Å²) in [7, 11) is 2.02. The van der Waals surface area contributed by atoms with Crippen LogP contribution in [0.15, 0.2) is 0 Å². The summed E-state index contributed by atoms with van der Waals surface area (Å²) in [6.45, 7) is 3.85. The Morgan fingerprint density at radius 2 is 2.00 bits per heavy atom. The van der Waals surface area contributed by atoms with Gasteiger partial charge in [0.2, 0.25) is 5.91 Å². The van der Waals surface area contributed by atoms with Gasteiger partial charge in [-0.3, -0.25) is 9.69 Å². The van der Waals surface area contributed by atoms with Crippen molar-refractivity contribution in [2.75, 3.05) is 20.1 Å². The van der Waals surface area contributed by atoms with E-state index in [0.29, 0.717) is 0 Å². The molecule has 1 rings (SSSR count). The van der Waals surface area contributed by atoms with Gasteiger partial charge in [0.1, 0.15) is 0 Å². The Labute approximate surface area is 80.5 Å². The second-order valence-corrected chi connectivity index (χ2v) is 3.86. The van der Waals surface area contributed by atoms with Crippen LogP contribution in [0.25, 0.3) is 0 Å². The summed E-state index contributed by atoms with van der Waals surface area (Å²) in [5, 5.41) is 2.95. The van der Waals surface area contributed by atoms with Gasteiger partial charge in [0.05, 0.1) is 6.04 Å². The molecular formula is C10H20N2O. The Kier molecular flexibility index (Phi) is 4.22. The van der Waals surface area contributed by atoms with E-state index in [1.54, 1.807) is 0 Å². The van der Waals surface area contributed by atoms with E-state index in [1.807, 2.05) is 14.0 Å². The minimum Gasteiger partial charge on any atom is -0.355 e. The average molecular weight is 184 g/mol. The highest BCUT2D eigenvalue weighted by atomic mass is 16.2. The van der Waals surface area contributed by atoms with Crippen molar-refractivity contribution < 1.29 is 4.79 Å². The number of hydrogen-bond donors (Lipinski definition) is 1. The van der Waals surface area contributed by atoms with Crippen LogP contribution in [0, 0.1) is 0 Å². The monoisotopic (exact) mass is 184 g/mol. The zero-order valence-corrected chi connectivity index (χ0v) is 8.68. The summed E-state index contributed by atoms with van der Waals surface area (Å²) in [6.07, 6.45) is 4.87. The SMILES string of the molecule is C[C@H]1C(=O)NCCCCCCN1C. The highest BCUT2D eigenvalue weighted by Gasteiger charge is 2.17. The minimum absolute atomic E-state index is 0.0260. The highest BCUT2D eigenvalue weighted by Crippen LogP contribution is 2.05. The number of nitrogens with one attached hydrogen (secondary N) is 1. The molecule has 13 heavy (non-hydrogen) atoms. The third-order valence-corrected chi connectivity index (χ3v) is 2.78. The Hall–Kier alpha value is -0.570. The molecule has 0 aliphatic carbocycles. The summed E-state index contributed by atoms with van der Waals surface area (Å²) in [5.74, 6) is 0.171. The van der Waals surface area contributed by atoms with Crippen molar-refractivity contribution in [1.82, 2.24) is 10.2 Å². The van der Waals surface area contributed by atoms with Gasteiger partial charge >= 0.3 is 0 Å². The van der Waals surface area contributed by atoms with E-state index < -0.39 is 0 Å². The average Bonchev–Trinajstić information content (AvgIpc) is 2.13. The normalized spacial score (nSPS) is 28.2. The van der Waals surface area contributed by atoms with E-state index >= 15 is 0 Å². The molecule has 1 atom stereocenters. The van der Waals surface area contributed by atoms with Crippen molar-refractivity contribution in [3.8, 4) is 0 Å². The lowest BCUT2D eigenvalue weighted by Gasteiger charge is -2.24. The molecule has 0 aromatic rings. The lowest BCUT2D eigenvalue weighted by atomic mass is 10.1. The molecule has 3 nitrogen and oxygen atoms in total. The lowest BCUT2D eigenvalue weighted by molar-refractivity contribution is -0.125. The van der Waals surface area contributed by atoms with Gasteiger partial charge in [-0.2, -0.15) is 0 Å². The Morgan fingerprint density at radius 1 is 1.31 bits per heavy atom. The van der Waals surface area contributed by atoms with Crippen molar-refractivity contribution in [3.05, 3.63) is 0 Å². The van der Waals surface area contributed by atoms with E-state index in [4.69, 9.17) is 0 Å². The summed E-state index contributed by atoms with van der Waals surface area (Å²) in [6, 6.07) is 0.0260. The molecule has 0 bridgehead atoms. The number of nitrogens with zero attached hydrogens (tertiary/aromatic N) is 1. The Morgan fingerprint density at radius 3 is 2.77 bits per heavy atom. The molecule has 1 N–H and O–H groups in total. The predicted octanol–water partition coefficient (Wildman–Crippen LogP) is 0.997. The third kappa shape index (κ3) is 3.35. The molecule has 0 radical (unpaired) electrons. The predicted molar refractivity (Wildman–Crippen MR) is 53.6 cm³/mol. The smallest absolute Gasteiger partial charge is 0.237 e. The molecule has 1 fully saturated rings. The third-order valence-electron chi connectivity index (χ3n) is 2.78. The molecule has 1 aliphatic heterocycles. The minimum atomic E-state index is 0.0260.